The smallest absolute Gasteiger partial charge is 0.0950 e. The fourth-order valence-corrected chi connectivity index (χ4v) is 2.93. The predicted molar refractivity (Wildman–Crippen MR) is 58.5 cm³/mol. The molecular weight excluding hydrogens is 188 g/mol. The Kier molecular flexibility index (Phi) is 2.29. The fraction of sp³-hybridized carbons (Fsp3) is 0.667. The Balaban J connectivity index is 1.69. The van der Waals surface area contributed by atoms with Crippen molar-refractivity contribution in [2.24, 2.45) is 11.8 Å². The molecule has 2 aliphatic rings. The summed E-state index contributed by atoms with van der Waals surface area (Å²) in [5.74, 6) is 1.75. The lowest BCUT2D eigenvalue weighted by atomic mass is 10.0. The predicted octanol–water partition coefficient (Wildman–Crippen LogP) is 1.49. The highest BCUT2D eigenvalue weighted by atomic mass is 16.3. The molecule has 2 fully saturated rings. The number of nitrogens with one attached hydrogen (secondary N) is 1. The van der Waals surface area contributed by atoms with Crippen LogP contribution in [-0.2, 0) is 0 Å². The zero-order chi connectivity index (χ0) is 10.3. The Bertz CT molecular complexity index is 310. The van der Waals surface area contributed by atoms with Crippen LogP contribution in [0.2, 0.25) is 0 Å². The average molecular weight is 206 g/mol. The van der Waals surface area contributed by atoms with E-state index in [0.29, 0.717) is 6.04 Å². The molecule has 2 saturated heterocycles. The average Bonchev–Trinajstić information content (AvgIpc) is 2.92. The van der Waals surface area contributed by atoms with E-state index in [2.05, 4.69) is 23.2 Å². The van der Waals surface area contributed by atoms with Crippen LogP contribution < -0.4 is 5.32 Å². The summed E-state index contributed by atoms with van der Waals surface area (Å²) in [6.45, 7) is 7.17. The summed E-state index contributed by atoms with van der Waals surface area (Å²) in [6, 6.07) is 2.59. The molecule has 3 rings (SSSR count). The Hall–Kier alpha value is -0.800. The topological polar surface area (TPSA) is 28.4 Å². The quantitative estimate of drug-likeness (QED) is 0.794. The number of hydrogen-bond acceptors (Lipinski definition) is 3. The van der Waals surface area contributed by atoms with Crippen LogP contribution in [0.15, 0.2) is 23.0 Å². The zero-order valence-electron chi connectivity index (χ0n) is 9.15. The summed E-state index contributed by atoms with van der Waals surface area (Å²) in [5.41, 5.74) is 1.31. The van der Waals surface area contributed by atoms with Crippen LogP contribution in [0.1, 0.15) is 18.5 Å². The van der Waals surface area contributed by atoms with Gasteiger partial charge >= 0.3 is 0 Å². The number of hydrogen-bond donors (Lipinski definition) is 1. The van der Waals surface area contributed by atoms with Crippen molar-refractivity contribution < 1.29 is 4.42 Å². The van der Waals surface area contributed by atoms with E-state index in [9.17, 15) is 0 Å². The molecule has 15 heavy (non-hydrogen) atoms. The molecule has 1 aromatic rings. The lowest BCUT2D eigenvalue weighted by Gasteiger charge is -2.24. The van der Waals surface area contributed by atoms with Crippen LogP contribution in [0, 0.1) is 11.8 Å². The molecule has 1 N–H and O–H groups in total. The number of furan rings is 1. The van der Waals surface area contributed by atoms with Crippen LogP contribution in [0.5, 0.6) is 0 Å². The van der Waals surface area contributed by atoms with Crippen molar-refractivity contribution in [2.75, 3.05) is 26.2 Å². The largest absolute Gasteiger partial charge is 0.472 e. The van der Waals surface area contributed by atoms with Gasteiger partial charge in [0.1, 0.15) is 0 Å². The van der Waals surface area contributed by atoms with E-state index in [0.717, 1.165) is 11.8 Å². The van der Waals surface area contributed by atoms with Crippen LogP contribution in [0.3, 0.4) is 0 Å². The molecule has 0 saturated carbocycles. The van der Waals surface area contributed by atoms with E-state index < -0.39 is 0 Å². The normalized spacial score (nSPS) is 33.1. The van der Waals surface area contributed by atoms with Crippen LogP contribution in [-0.4, -0.2) is 31.1 Å². The van der Waals surface area contributed by atoms with Gasteiger partial charge in [0, 0.05) is 24.7 Å². The highest BCUT2D eigenvalue weighted by molar-refractivity contribution is 5.12. The van der Waals surface area contributed by atoms with Gasteiger partial charge in [0.05, 0.1) is 12.5 Å². The van der Waals surface area contributed by atoms with Crippen molar-refractivity contribution in [3.8, 4) is 0 Å². The first kappa shape index (κ1) is 9.43. The number of rotatable bonds is 2. The van der Waals surface area contributed by atoms with Crippen molar-refractivity contribution >= 4 is 0 Å². The van der Waals surface area contributed by atoms with E-state index in [1.54, 1.807) is 6.26 Å². The van der Waals surface area contributed by atoms with Gasteiger partial charge in [-0.15, -0.1) is 0 Å². The van der Waals surface area contributed by atoms with Gasteiger partial charge in [-0.25, -0.2) is 0 Å². The second kappa shape index (κ2) is 3.65. The third-order valence-corrected chi connectivity index (χ3v) is 3.99. The van der Waals surface area contributed by atoms with E-state index in [1.165, 1.54) is 31.7 Å². The molecule has 0 spiro atoms. The number of likely N-dealkylation sites (tertiary alicyclic amines) is 1. The molecule has 0 aliphatic carbocycles. The van der Waals surface area contributed by atoms with E-state index in [1.807, 2.05) is 6.26 Å². The molecule has 2 aliphatic heterocycles. The maximum atomic E-state index is 5.15. The first-order valence-electron chi connectivity index (χ1n) is 5.81. The third kappa shape index (κ3) is 1.60. The highest BCUT2D eigenvalue weighted by Crippen LogP contribution is 2.32. The third-order valence-electron chi connectivity index (χ3n) is 3.99. The lowest BCUT2D eigenvalue weighted by Crippen LogP contribution is -2.28. The van der Waals surface area contributed by atoms with Crippen molar-refractivity contribution in [1.82, 2.24) is 10.2 Å². The van der Waals surface area contributed by atoms with Crippen LogP contribution in [0.25, 0.3) is 0 Å². The maximum absolute atomic E-state index is 5.15. The molecule has 1 aromatic heterocycles. The van der Waals surface area contributed by atoms with Crippen molar-refractivity contribution in [3.05, 3.63) is 24.2 Å². The van der Waals surface area contributed by atoms with Crippen LogP contribution in [0.4, 0.5) is 0 Å². The SMILES string of the molecule is CC(c1ccoc1)N1CC2CNCC2C1. The maximum Gasteiger partial charge on any atom is 0.0950 e. The molecule has 3 atom stereocenters. The highest BCUT2D eigenvalue weighted by Gasteiger charge is 2.37. The lowest BCUT2D eigenvalue weighted by molar-refractivity contribution is 0.243. The second-order valence-corrected chi connectivity index (χ2v) is 4.86. The van der Waals surface area contributed by atoms with Gasteiger partial charge in [-0.05, 0) is 37.9 Å². The molecule has 0 amide bonds. The molecule has 3 nitrogen and oxygen atoms in total. The van der Waals surface area contributed by atoms with Gasteiger partial charge in [0.25, 0.3) is 0 Å². The molecule has 3 unspecified atom stereocenters. The summed E-state index contributed by atoms with van der Waals surface area (Å²) in [4.78, 5) is 2.58. The van der Waals surface area contributed by atoms with Gasteiger partial charge in [-0.1, -0.05) is 0 Å². The first-order chi connectivity index (χ1) is 7.34. The Morgan fingerprint density at radius 1 is 1.40 bits per heavy atom. The fourth-order valence-electron chi connectivity index (χ4n) is 2.93. The van der Waals surface area contributed by atoms with Crippen molar-refractivity contribution in [1.29, 1.82) is 0 Å². The zero-order valence-corrected chi connectivity index (χ0v) is 9.15. The van der Waals surface area contributed by atoms with E-state index in [-0.39, 0.29) is 0 Å². The number of fused-ring (bicyclic) bond motifs is 1. The monoisotopic (exact) mass is 206 g/mol. The summed E-state index contributed by atoms with van der Waals surface area (Å²) >= 11 is 0. The summed E-state index contributed by atoms with van der Waals surface area (Å²) in [6.07, 6.45) is 3.64. The molecule has 82 valence electrons. The summed E-state index contributed by atoms with van der Waals surface area (Å²) in [5, 5.41) is 3.47. The van der Waals surface area contributed by atoms with Crippen molar-refractivity contribution in [3.63, 3.8) is 0 Å². The first-order valence-corrected chi connectivity index (χ1v) is 5.81. The van der Waals surface area contributed by atoms with Crippen molar-refractivity contribution in [2.45, 2.75) is 13.0 Å². The summed E-state index contributed by atoms with van der Waals surface area (Å²) < 4.78 is 5.15. The van der Waals surface area contributed by atoms with Gasteiger partial charge in [-0.2, -0.15) is 0 Å². The Morgan fingerprint density at radius 3 is 2.73 bits per heavy atom. The van der Waals surface area contributed by atoms with Gasteiger partial charge in [0.2, 0.25) is 0 Å². The minimum Gasteiger partial charge on any atom is -0.472 e. The molecule has 3 heterocycles. The second-order valence-electron chi connectivity index (χ2n) is 4.86. The van der Waals surface area contributed by atoms with Crippen LogP contribution >= 0.6 is 0 Å². The minimum atomic E-state index is 0.509. The van der Waals surface area contributed by atoms with E-state index in [4.69, 9.17) is 4.42 Å². The molecule has 0 radical (unpaired) electrons. The summed E-state index contributed by atoms with van der Waals surface area (Å²) in [7, 11) is 0. The molecule has 0 bridgehead atoms. The Morgan fingerprint density at radius 2 is 2.13 bits per heavy atom. The number of nitrogens with zero attached hydrogens (tertiary/aromatic N) is 1. The van der Waals surface area contributed by atoms with Gasteiger partial charge < -0.3 is 9.73 Å². The molecule has 0 aromatic carbocycles. The standard InChI is InChI=1S/C12H18N2O/c1-9(10-2-3-15-8-10)14-6-11-4-13-5-12(11)7-14/h2-3,8-9,11-13H,4-7H2,1H3. The Labute approximate surface area is 90.4 Å². The minimum absolute atomic E-state index is 0.509. The van der Waals surface area contributed by atoms with Gasteiger partial charge in [-0.3, -0.25) is 4.90 Å². The van der Waals surface area contributed by atoms with Gasteiger partial charge in [0.15, 0.2) is 0 Å². The van der Waals surface area contributed by atoms with E-state index >= 15 is 0 Å². The molecular formula is C12H18N2O. The molecule has 3 heteroatoms.